The van der Waals surface area contributed by atoms with Gasteiger partial charge in [0.25, 0.3) is 0 Å². The fourth-order valence-corrected chi connectivity index (χ4v) is 4.53. The van der Waals surface area contributed by atoms with Crippen molar-refractivity contribution in [2.24, 2.45) is 0 Å². The molecule has 27 heavy (non-hydrogen) atoms. The number of likely N-dealkylation sites (N-methyl/N-ethyl adjacent to an activating group) is 1. The fourth-order valence-electron chi connectivity index (χ4n) is 4.53. The lowest BCUT2D eigenvalue weighted by molar-refractivity contribution is -0.437. The van der Waals surface area contributed by atoms with E-state index in [1.165, 1.54) is 29.2 Å². The molecule has 0 bridgehead atoms. The molecule has 3 nitrogen and oxygen atoms in total. The van der Waals surface area contributed by atoms with Crippen molar-refractivity contribution in [2.75, 3.05) is 32.7 Å². The third kappa shape index (κ3) is 3.69. The Hall–Kier alpha value is -2.03. The third-order valence-corrected chi connectivity index (χ3v) is 5.91. The molecule has 0 unspecified atom stereocenters. The first-order valence-corrected chi connectivity index (χ1v) is 10.7. The van der Waals surface area contributed by atoms with E-state index >= 15 is 0 Å². The highest BCUT2D eigenvalue weighted by atomic mass is 15.4. The summed E-state index contributed by atoms with van der Waals surface area (Å²) in [5, 5.41) is 0. The number of hydrogen-bond donors (Lipinski definition) is 0. The second-order valence-electron chi connectivity index (χ2n) is 8.13. The SMILES string of the molecule is CCCN1CCN(CC)/C1=C/C=C/C1=[N+](CCC)c2ccccc2C1(C)C. The van der Waals surface area contributed by atoms with E-state index in [0.717, 1.165) is 39.1 Å². The summed E-state index contributed by atoms with van der Waals surface area (Å²) in [4.78, 5) is 5.01. The number of para-hydroxylation sites is 1. The summed E-state index contributed by atoms with van der Waals surface area (Å²) in [6.45, 7) is 17.1. The number of nitrogens with zero attached hydrogens (tertiary/aromatic N) is 3. The van der Waals surface area contributed by atoms with Gasteiger partial charge in [0, 0.05) is 50.3 Å². The molecule has 3 rings (SSSR count). The molecule has 2 aliphatic rings. The number of rotatable bonds is 7. The molecule has 1 aromatic rings. The zero-order valence-electron chi connectivity index (χ0n) is 17.8. The van der Waals surface area contributed by atoms with Crippen LogP contribution in [0.4, 0.5) is 5.69 Å². The fraction of sp³-hybridized carbons (Fsp3) is 0.542. The predicted molar refractivity (Wildman–Crippen MR) is 116 cm³/mol. The molecule has 1 aromatic carbocycles. The van der Waals surface area contributed by atoms with E-state index in [1.54, 1.807) is 0 Å². The highest BCUT2D eigenvalue weighted by molar-refractivity contribution is 6.03. The van der Waals surface area contributed by atoms with Crippen LogP contribution in [0.2, 0.25) is 0 Å². The minimum absolute atomic E-state index is 0.0456. The first-order valence-electron chi connectivity index (χ1n) is 10.7. The summed E-state index contributed by atoms with van der Waals surface area (Å²) in [5.41, 5.74) is 4.27. The highest BCUT2D eigenvalue weighted by Crippen LogP contribution is 2.39. The van der Waals surface area contributed by atoms with E-state index in [9.17, 15) is 0 Å². The Balaban J connectivity index is 1.94. The van der Waals surface area contributed by atoms with Gasteiger partial charge < -0.3 is 9.80 Å². The van der Waals surface area contributed by atoms with Gasteiger partial charge in [-0.25, -0.2) is 0 Å². The van der Waals surface area contributed by atoms with Crippen LogP contribution >= 0.6 is 0 Å². The average molecular weight is 367 g/mol. The molecule has 0 saturated carbocycles. The van der Waals surface area contributed by atoms with Crippen molar-refractivity contribution < 1.29 is 4.58 Å². The third-order valence-electron chi connectivity index (χ3n) is 5.91. The molecule has 0 spiro atoms. The van der Waals surface area contributed by atoms with Crippen LogP contribution in [0, 0.1) is 0 Å². The lowest BCUT2D eigenvalue weighted by atomic mass is 9.81. The highest BCUT2D eigenvalue weighted by Gasteiger charge is 2.43. The normalized spacial score (nSPS) is 20.4. The lowest BCUT2D eigenvalue weighted by Crippen LogP contribution is -2.28. The first kappa shape index (κ1) is 19.7. The molecule has 0 N–H and O–H groups in total. The lowest BCUT2D eigenvalue weighted by Gasteiger charge is -2.23. The van der Waals surface area contributed by atoms with Crippen LogP contribution in [0.3, 0.4) is 0 Å². The second-order valence-corrected chi connectivity index (χ2v) is 8.13. The van der Waals surface area contributed by atoms with Gasteiger partial charge in [0.15, 0.2) is 5.71 Å². The zero-order valence-corrected chi connectivity index (χ0v) is 17.8. The molecule has 146 valence electrons. The summed E-state index contributed by atoms with van der Waals surface area (Å²) in [6, 6.07) is 8.88. The van der Waals surface area contributed by atoms with Crippen LogP contribution in [0.15, 0.2) is 48.3 Å². The first-order chi connectivity index (χ1) is 13.0. The molecule has 0 aromatic heterocycles. The Bertz CT molecular complexity index is 755. The Morgan fingerprint density at radius 3 is 2.48 bits per heavy atom. The van der Waals surface area contributed by atoms with Gasteiger partial charge in [0.2, 0.25) is 5.69 Å². The van der Waals surface area contributed by atoms with E-state index < -0.39 is 0 Å². The minimum Gasteiger partial charge on any atom is -0.357 e. The monoisotopic (exact) mass is 366 g/mol. The van der Waals surface area contributed by atoms with Gasteiger partial charge in [0.1, 0.15) is 12.4 Å². The summed E-state index contributed by atoms with van der Waals surface area (Å²) < 4.78 is 2.51. The van der Waals surface area contributed by atoms with Crippen molar-refractivity contribution in [1.82, 2.24) is 9.80 Å². The molecular formula is C24H36N3+. The van der Waals surface area contributed by atoms with Crippen molar-refractivity contribution in [3.63, 3.8) is 0 Å². The van der Waals surface area contributed by atoms with Gasteiger partial charge in [-0.2, -0.15) is 4.58 Å². The maximum Gasteiger partial charge on any atom is 0.209 e. The maximum atomic E-state index is 2.52. The molecule has 0 amide bonds. The molecule has 1 saturated heterocycles. The van der Waals surface area contributed by atoms with Crippen LogP contribution < -0.4 is 0 Å². The topological polar surface area (TPSA) is 9.49 Å². The predicted octanol–water partition coefficient (Wildman–Crippen LogP) is 4.92. The largest absolute Gasteiger partial charge is 0.357 e. The Morgan fingerprint density at radius 2 is 1.78 bits per heavy atom. The van der Waals surface area contributed by atoms with E-state index in [1.807, 2.05) is 0 Å². The molecule has 0 aliphatic carbocycles. The molecule has 1 fully saturated rings. The molecule has 0 radical (unpaired) electrons. The smallest absolute Gasteiger partial charge is 0.209 e. The molecule has 0 atom stereocenters. The molecule has 2 aliphatic heterocycles. The van der Waals surface area contributed by atoms with Crippen LogP contribution in [0.1, 0.15) is 53.0 Å². The summed E-state index contributed by atoms with van der Waals surface area (Å²) in [7, 11) is 0. The summed E-state index contributed by atoms with van der Waals surface area (Å²) in [5.74, 6) is 1.38. The summed E-state index contributed by atoms with van der Waals surface area (Å²) >= 11 is 0. The molecule has 3 heteroatoms. The van der Waals surface area contributed by atoms with Crippen molar-refractivity contribution in [3.05, 3.63) is 53.9 Å². The Morgan fingerprint density at radius 1 is 1.04 bits per heavy atom. The Labute approximate surface area is 165 Å². The van der Waals surface area contributed by atoms with E-state index in [0.29, 0.717) is 0 Å². The van der Waals surface area contributed by atoms with Crippen molar-refractivity contribution in [3.8, 4) is 0 Å². The number of fused-ring (bicyclic) bond motifs is 1. The van der Waals surface area contributed by atoms with Crippen LogP contribution in [-0.2, 0) is 5.41 Å². The van der Waals surface area contributed by atoms with Gasteiger partial charge >= 0.3 is 0 Å². The van der Waals surface area contributed by atoms with E-state index in [4.69, 9.17) is 0 Å². The summed E-state index contributed by atoms with van der Waals surface area (Å²) in [6.07, 6.45) is 9.29. The zero-order chi connectivity index (χ0) is 19.4. The maximum absolute atomic E-state index is 2.52. The second kappa shape index (κ2) is 8.33. The van der Waals surface area contributed by atoms with Crippen molar-refractivity contribution in [1.29, 1.82) is 0 Å². The molecule has 2 heterocycles. The quantitative estimate of drug-likeness (QED) is 0.634. The minimum atomic E-state index is 0.0456. The number of benzene rings is 1. The van der Waals surface area contributed by atoms with Crippen LogP contribution in [-0.4, -0.2) is 52.8 Å². The van der Waals surface area contributed by atoms with E-state index in [-0.39, 0.29) is 5.41 Å². The Kier molecular flexibility index (Phi) is 6.08. The van der Waals surface area contributed by atoms with Gasteiger partial charge in [0.05, 0.1) is 5.41 Å². The van der Waals surface area contributed by atoms with Crippen molar-refractivity contribution >= 4 is 11.4 Å². The van der Waals surface area contributed by atoms with Gasteiger partial charge in [-0.15, -0.1) is 0 Å². The van der Waals surface area contributed by atoms with E-state index in [2.05, 4.69) is 91.5 Å². The van der Waals surface area contributed by atoms with Crippen LogP contribution in [0.5, 0.6) is 0 Å². The van der Waals surface area contributed by atoms with Crippen molar-refractivity contribution in [2.45, 2.75) is 52.9 Å². The van der Waals surface area contributed by atoms with Crippen LogP contribution in [0.25, 0.3) is 0 Å². The standard InChI is InChI=1S/C24H36N3/c1-6-16-26-19-18-25(8-3)23(26)15-11-14-22-24(4,5)20-12-9-10-13-21(20)27(22)17-7-2/h9-15H,6-8,16-19H2,1-5H3/q+1. The number of hydrogen-bond acceptors (Lipinski definition) is 2. The van der Waals surface area contributed by atoms with Gasteiger partial charge in [-0.1, -0.05) is 38.1 Å². The number of allylic oxidation sites excluding steroid dienone is 3. The van der Waals surface area contributed by atoms with Gasteiger partial charge in [-0.3, -0.25) is 0 Å². The molecular weight excluding hydrogens is 330 g/mol. The average Bonchev–Trinajstić information content (AvgIpc) is 3.14. The van der Waals surface area contributed by atoms with Gasteiger partial charge in [-0.05, 0) is 33.3 Å².